The normalized spacial score (nSPS) is 10.3. The Labute approximate surface area is 121 Å². The fourth-order valence-electron chi connectivity index (χ4n) is 1.82. The monoisotopic (exact) mass is 321 g/mol. The predicted octanol–water partition coefficient (Wildman–Crippen LogP) is 4.08. The minimum Gasteiger partial charge on any atom is -0.504 e. The number of benzene rings is 2. The van der Waals surface area contributed by atoms with Gasteiger partial charge in [0, 0.05) is 16.7 Å². The number of aromatic hydroxyl groups is 1. The number of anilines is 1. The molecule has 0 heterocycles. The number of rotatable bonds is 4. The Morgan fingerprint density at radius 1 is 1.21 bits per heavy atom. The van der Waals surface area contributed by atoms with Gasteiger partial charge in [0.05, 0.1) is 7.11 Å². The summed E-state index contributed by atoms with van der Waals surface area (Å²) in [4.78, 5) is 0. The summed E-state index contributed by atoms with van der Waals surface area (Å²) in [6, 6.07) is 11.5. The van der Waals surface area contributed by atoms with Crippen molar-refractivity contribution >= 4 is 21.6 Å². The third kappa shape index (κ3) is 3.41. The fourth-order valence-corrected chi connectivity index (χ4v) is 2.20. The Kier molecular flexibility index (Phi) is 4.32. The molecule has 3 nitrogen and oxygen atoms in total. The van der Waals surface area contributed by atoms with E-state index in [4.69, 9.17) is 4.74 Å². The molecule has 0 saturated carbocycles. The molecule has 100 valence electrons. The highest BCUT2D eigenvalue weighted by atomic mass is 79.9. The van der Waals surface area contributed by atoms with E-state index in [9.17, 15) is 5.11 Å². The number of ether oxygens (including phenoxy) is 1. The van der Waals surface area contributed by atoms with E-state index in [1.54, 1.807) is 12.1 Å². The maximum Gasteiger partial charge on any atom is 0.160 e. The van der Waals surface area contributed by atoms with Gasteiger partial charge in [-0.1, -0.05) is 12.1 Å². The molecule has 0 spiro atoms. The van der Waals surface area contributed by atoms with Crippen molar-refractivity contribution in [1.29, 1.82) is 0 Å². The number of phenols is 1. The van der Waals surface area contributed by atoms with Crippen molar-refractivity contribution < 1.29 is 9.84 Å². The zero-order valence-electron chi connectivity index (χ0n) is 10.9. The molecule has 0 aliphatic rings. The van der Waals surface area contributed by atoms with Gasteiger partial charge in [-0.15, -0.1) is 0 Å². The number of hydrogen-bond donors (Lipinski definition) is 2. The van der Waals surface area contributed by atoms with Gasteiger partial charge >= 0.3 is 0 Å². The fraction of sp³-hybridized carbons (Fsp3) is 0.200. The van der Waals surface area contributed by atoms with E-state index in [1.807, 2.05) is 12.1 Å². The van der Waals surface area contributed by atoms with Gasteiger partial charge in [0.2, 0.25) is 0 Å². The number of halogens is 1. The highest BCUT2D eigenvalue weighted by Gasteiger charge is 2.04. The molecule has 0 amide bonds. The van der Waals surface area contributed by atoms with Gasteiger partial charge in [0.1, 0.15) is 0 Å². The molecule has 0 atom stereocenters. The van der Waals surface area contributed by atoms with Crippen molar-refractivity contribution in [2.75, 3.05) is 12.4 Å². The lowest BCUT2D eigenvalue weighted by atomic mass is 10.2. The van der Waals surface area contributed by atoms with Gasteiger partial charge in [0.15, 0.2) is 11.5 Å². The van der Waals surface area contributed by atoms with Crippen LogP contribution in [0.2, 0.25) is 0 Å². The van der Waals surface area contributed by atoms with Gasteiger partial charge < -0.3 is 15.2 Å². The minimum absolute atomic E-state index is 0.158. The van der Waals surface area contributed by atoms with Crippen LogP contribution < -0.4 is 10.1 Å². The van der Waals surface area contributed by atoms with E-state index >= 15 is 0 Å². The second-order valence-corrected chi connectivity index (χ2v) is 5.20. The molecular formula is C15H16BrNO2. The molecule has 2 aromatic rings. The van der Waals surface area contributed by atoms with Gasteiger partial charge in [-0.3, -0.25) is 0 Å². The van der Waals surface area contributed by atoms with Crippen molar-refractivity contribution in [2.45, 2.75) is 13.5 Å². The maximum atomic E-state index is 9.73. The third-order valence-corrected chi connectivity index (χ3v) is 3.54. The maximum absolute atomic E-state index is 9.73. The topological polar surface area (TPSA) is 41.5 Å². The van der Waals surface area contributed by atoms with Gasteiger partial charge in [-0.2, -0.15) is 0 Å². The molecule has 0 aliphatic carbocycles. The summed E-state index contributed by atoms with van der Waals surface area (Å²) in [5.74, 6) is 0.644. The summed E-state index contributed by atoms with van der Waals surface area (Å²) < 4.78 is 6.04. The highest BCUT2D eigenvalue weighted by molar-refractivity contribution is 9.10. The number of methoxy groups -OCH3 is 1. The van der Waals surface area contributed by atoms with E-state index < -0.39 is 0 Å². The zero-order chi connectivity index (χ0) is 13.8. The molecule has 2 aromatic carbocycles. The molecule has 2 N–H and O–H groups in total. The molecule has 0 unspecified atom stereocenters. The molecule has 0 bridgehead atoms. The molecule has 0 aliphatic heterocycles. The van der Waals surface area contributed by atoms with Crippen molar-refractivity contribution in [3.05, 3.63) is 52.0 Å². The first-order valence-electron chi connectivity index (χ1n) is 5.96. The van der Waals surface area contributed by atoms with Crippen LogP contribution in [-0.2, 0) is 6.54 Å². The standard InChI is InChI=1S/C15H16BrNO2/c1-10-3-5-12(16)13(7-10)17-9-11-4-6-15(19-2)14(18)8-11/h3-8,17-18H,9H2,1-2H3. The summed E-state index contributed by atoms with van der Waals surface area (Å²) in [5.41, 5.74) is 3.23. The number of hydrogen-bond acceptors (Lipinski definition) is 3. The van der Waals surface area contributed by atoms with E-state index in [0.717, 1.165) is 15.7 Å². The Balaban J connectivity index is 2.10. The lowest BCUT2D eigenvalue weighted by Gasteiger charge is -2.11. The Hall–Kier alpha value is -1.68. The second-order valence-electron chi connectivity index (χ2n) is 4.34. The van der Waals surface area contributed by atoms with E-state index in [1.165, 1.54) is 12.7 Å². The van der Waals surface area contributed by atoms with E-state index in [2.05, 4.69) is 40.3 Å². The van der Waals surface area contributed by atoms with Crippen LogP contribution in [-0.4, -0.2) is 12.2 Å². The average molecular weight is 322 g/mol. The highest BCUT2D eigenvalue weighted by Crippen LogP contribution is 2.28. The summed E-state index contributed by atoms with van der Waals surface area (Å²) >= 11 is 3.51. The first-order chi connectivity index (χ1) is 9.10. The molecular weight excluding hydrogens is 306 g/mol. The van der Waals surface area contributed by atoms with Crippen LogP contribution in [0.15, 0.2) is 40.9 Å². The number of aryl methyl sites for hydroxylation is 1. The quantitative estimate of drug-likeness (QED) is 0.891. The van der Waals surface area contributed by atoms with E-state index in [-0.39, 0.29) is 5.75 Å². The Morgan fingerprint density at radius 2 is 2.00 bits per heavy atom. The second kappa shape index (κ2) is 5.97. The number of phenolic OH excluding ortho intramolecular Hbond substituents is 1. The summed E-state index contributed by atoms with van der Waals surface area (Å²) in [6.45, 7) is 2.69. The average Bonchev–Trinajstić information content (AvgIpc) is 2.40. The number of nitrogens with one attached hydrogen (secondary N) is 1. The Morgan fingerprint density at radius 3 is 2.68 bits per heavy atom. The minimum atomic E-state index is 0.158. The van der Waals surface area contributed by atoms with Crippen LogP contribution in [0.3, 0.4) is 0 Å². The predicted molar refractivity (Wildman–Crippen MR) is 80.9 cm³/mol. The van der Waals surface area contributed by atoms with Crippen molar-refractivity contribution in [2.24, 2.45) is 0 Å². The van der Waals surface area contributed by atoms with Crippen molar-refractivity contribution in [3.63, 3.8) is 0 Å². The molecule has 2 rings (SSSR count). The zero-order valence-corrected chi connectivity index (χ0v) is 12.5. The molecule has 19 heavy (non-hydrogen) atoms. The first kappa shape index (κ1) is 13.7. The van der Waals surface area contributed by atoms with Crippen LogP contribution in [0.4, 0.5) is 5.69 Å². The van der Waals surface area contributed by atoms with Gasteiger partial charge in [-0.25, -0.2) is 0 Å². The summed E-state index contributed by atoms with van der Waals surface area (Å²) in [5, 5.41) is 13.1. The molecule has 4 heteroatoms. The molecule has 0 radical (unpaired) electrons. The van der Waals surface area contributed by atoms with Crippen molar-refractivity contribution in [3.8, 4) is 11.5 Å². The first-order valence-corrected chi connectivity index (χ1v) is 6.75. The Bertz CT molecular complexity index is 584. The summed E-state index contributed by atoms with van der Waals surface area (Å²) in [7, 11) is 1.54. The van der Waals surface area contributed by atoms with E-state index in [0.29, 0.717) is 12.3 Å². The lowest BCUT2D eigenvalue weighted by molar-refractivity contribution is 0.373. The third-order valence-electron chi connectivity index (χ3n) is 2.85. The van der Waals surface area contributed by atoms with Crippen molar-refractivity contribution in [1.82, 2.24) is 0 Å². The van der Waals surface area contributed by atoms with Gasteiger partial charge in [0.25, 0.3) is 0 Å². The summed E-state index contributed by atoms with van der Waals surface area (Å²) in [6.07, 6.45) is 0. The van der Waals surface area contributed by atoms with Crippen LogP contribution in [0, 0.1) is 6.92 Å². The van der Waals surface area contributed by atoms with Crippen LogP contribution in [0.25, 0.3) is 0 Å². The van der Waals surface area contributed by atoms with Crippen LogP contribution >= 0.6 is 15.9 Å². The SMILES string of the molecule is COc1ccc(CNc2cc(C)ccc2Br)cc1O. The smallest absolute Gasteiger partial charge is 0.160 e. The van der Waals surface area contributed by atoms with Gasteiger partial charge in [-0.05, 0) is 58.2 Å². The van der Waals surface area contributed by atoms with Crippen LogP contribution in [0.1, 0.15) is 11.1 Å². The van der Waals surface area contributed by atoms with Crippen LogP contribution in [0.5, 0.6) is 11.5 Å². The largest absolute Gasteiger partial charge is 0.504 e. The lowest BCUT2D eigenvalue weighted by Crippen LogP contribution is -2.00. The molecule has 0 saturated heterocycles. The molecule has 0 fully saturated rings. The molecule has 0 aromatic heterocycles.